The van der Waals surface area contributed by atoms with Gasteiger partial charge in [0.2, 0.25) is 0 Å². The van der Waals surface area contributed by atoms with E-state index in [-0.39, 0.29) is 30.2 Å². The van der Waals surface area contributed by atoms with Gasteiger partial charge in [-0.3, -0.25) is 14.6 Å². The number of amides is 2. The number of aliphatic hydroxyl groups is 1. The van der Waals surface area contributed by atoms with Crippen LogP contribution in [-0.4, -0.2) is 60.6 Å². The van der Waals surface area contributed by atoms with Crippen LogP contribution in [0.5, 0.6) is 5.75 Å². The van der Waals surface area contributed by atoms with Crippen LogP contribution in [-0.2, 0) is 11.0 Å². The van der Waals surface area contributed by atoms with Crippen LogP contribution in [0.3, 0.4) is 0 Å². The first-order valence-electron chi connectivity index (χ1n) is 16.7. The Labute approximate surface area is 280 Å². The van der Waals surface area contributed by atoms with E-state index in [2.05, 4.69) is 58.6 Å². The first-order valence-corrected chi connectivity index (χ1v) is 16.7. The number of likely N-dealkylation sites (tertiary alicyclic amines) is 1. The number of urea groups is 1. The van der Waals surface area contributed by atoms with Gasteiger partial charge in [0, 0.05) is 11.5 Å². The van der Waals surface area contributed by atoms with Crippen LogP contribution in [0.15, 0.2) is 72.9 Å². The molecule has 250 valence electrons. The van der Waals surface area contributed by atoms with E-state index in [9.17, 15) is 9.90 Å². The molecule has 11 heteroatoms. The molecule has 0 spiro atoms. The highest BCUT2D eigenvalue weighted by molar-refractivity contribution is 5.89. The summed E-state index contributed by atoms with van der Waals surface area (Å²) < 4.78 is 10.4. The lowest BCUT2D eigenvalue weighted by Gasteiger charge is -2.33. The zero-order valence-corrected chi connectivity index (χ0v) is 28.3. The van der Waals surface area contributed by atoms with Crippen LogP contribution < -0.4 is 15.4 Å². The Morgan fingerprint density at radius 1 is 1.04 bits per heavy atom. The molecule has 11 nitrogen and oxygen atoms in total. The number of likely N-dealkylation sites (N-methyl/N-ethyl adjacent to an activating group) is 1. The molecule has 0 radical (unpaired) electrons. The molecule has 3 N–H and O–H groups in total. The van der Waals surface area contributed by atoms with Gasteiger partial charge in [0.05, 0.1) is 30.2 Å². The minimum absolute atomic E-state index is 0.0284. The van der Waals surface area contributed by atoms with Gasteiger partial charge in [-0.2, -0.15) is 5.10 Å². The molecule has 1 fully saturated rings. The molecule has 1 aliphatic carbocycles. The van der Waals surface area contributed by atoms with Crippen molar-refractivity contribution in [1.82, 2.24) is 34.6 Å². The number of aromatic nitrogens is 5. The molecule has 2 aromatic carbocycles. The minimum Gasteiger partial charge on any atom is -0.484 e. The second kappa shape index (κ2) is 12.4. The van der Waals surface area contributed by atoms with E-state index in [1.807, 2.05) is 79.2 Å². The molecule has 0 unspecified atom stereocenters. The molecular formula is C37H44N8O3. The van der Waals surface area contributed by atoms with Gasteiger partial charge in [-0.1, -0.05) is 62.7 Å². The predicted octanol–water partition coefficient (Wildman–Crippen LogP) is 6.21. The molecule has 1 aliphatic heterocycles. The number of pyridine rings is 1. The van der Waals surface area contributed by atoms with Crippen molar-refractivity contribution in [2.45, 2.75) is 76.5 Å². The molecule has 5 aromatic rings. The van der Waals surface area contributed by atoms with Crippen molar-refractivity contribution in [2.75, 3.05) is 25.5 Å². The van der Waals surface area contributed by atoms with Crippen LogP contribution in [0.4, 0.5) is 10.6 Å². The third-order valence-corrected chi connectivity index (χ3v) is 9.88. The van der Waals surface area contributed by atoms with Gasteiger partial charge >= 0.3 is 6.03 Å². The number of hydrogen-bond donors (Lipinski definition) is 3. The van der Waals surface area contributed by atoms with Crippen molar-refractivity contribution in [3.63, 3.8) is 0 Å². The first-order chi connectivity index (χ1) is 23.1. The summed E-state index contributed by atoms with van der Waals surface area (Å²) >= 11 is 0. The van der Waals surface area contributed by atoms with E-state index in [4.69, 9.17) is 9.84 Å². The van der Waals surface area contributed by atoms with E-state index >= 15 is 0 Å². The highest BCUT2D eigenvalue weighted by Gasteiger charge is 2.44. The maximum absolute atomic E-state index is 13.5. The Kier molecular flexibility index (Phi) is 8.21. The molecule has 3 atom stereocenters. The Morgan fingerprint density at radius 3 is 2.52 bits per heavy atom. The van der Waals surface area contributed by atoms with E-state index < -0.39 is 5.54 Å². The van der Waals surface area contributed by atoms with Crippen LogP contribution in [0.1, 0.15) is 86.8 Å². The van der Waals surface area contributed by atoms with Gasteiger partial charge in [0.25, 0.3) is 0 Å². The van der Waals surface area contributed by atoms with Crippen molar-refractivity contribution >= 4 is 17.5 Å². The summed E-state index contributed by atoms with van der Waals surface area (Å²) in [5.74, 6) is 2.03. The Hall–Kier alpha value is -4.74. The lowest BCUT2D eigenvalue weighted by Crippen LogP contribution is -2.43. The number of hydrogen-bond acceptors (Lipinski definition) is 7. The Balaban J connectivity index is 1.10. The SMILES string of the molecule is Cc1ccc(-n2nc(C(C)(C)C)cc2NC(=O)N[C@H]2CC[C@@H](Oc3ccc4nnc([C@]5(CO)CCCN5C)n4c3)c3ccccc32)cc1. The number of nitrogens with zero attached hydrogens (tertiary/aromatic N) is 6. The molecule has 1 saturated heterocycles. The number of nitrogens with one attached hydrogen (secondary N) is 2. The van der Waals surface area contributed by atoms with Crippen molar-refractivity contribution in [2.24, 2.45) is 0 Å². The summed E-state index contributed by atoms with van der Waals surface area (Å²) in [6, 6.07) is 21.5. The molecule has 0 bridgehead atoms. The normalized spacial score (nSPS) is 21.3. The second-order valence-electron chi connectivity index (χ2n) is 14.2. The molecule has 3 aromatic heterocycles. The molecule has 2 amide bonds. The largest absolute Gasteiger partial charge is 0.484 e. The summed E-state index contributed by atoms with van der Waals surface area (Å²) in [4.78, 5) is 15.7. The number of aryl methyl sites for hydroxylation is 1. The number of benzene rings is 2. The topological polar surface area (TPSA) is 122 Å². The van der Waals surface area contributed by atoms with Gasteiger partial charge in [-0.15, -0.1) is 10.2 Å². The Bertz CT molecular complexity index is 1940. The number of rotatable bonds is 7. The minimum atomic E-state index is -0.568. The third-order valence-electron chi connectivity index (χ3n) is 9.88. The second-order valence-corrected chi connectivity index (χ2v) is 14.2. The van der Waals surface area contributed by atoms with E-state index in [1.165, 1.54) is 0 Å². The lowest BCUT2D eigenvalue weighted by atomic mass is 9.85. The summed E-state index contributed by atoms with van der Waals surface area (Å²) in [6.45, 7) is 9.25. The highest BCUT2D eigenvalue weighted by atomic mass is 16.5. The smallest absolute Gasteiger partial charge is 0.320 e. The maximum atomic E-state index is 13.5. The number of anilines is 1. The fourth-order valence-electron chi connectivity index (χ4n) is 7.04. The molecular weight excluding hydrogens is 604 g/mol. The van der Waals surface area contributed by atoms with Crippen molar-refractivity contribution < 1.29 is 14.6 Å². The van der Waals surface area contributed by atoms with Gasteiger partial charge in [0.1, 0.15) is 23.2 Å². The van der Waals surface area contributed by atoms with Crippen LogP contribution in [0.2, 0.25) is 0 Å². The zero-order valence-electron chi connectivity index (χ0n) is 28.3. The Morgan fingerprint density at radius 2 is 1.81 bits per heavy atom. The zero-order chi connectivity index (χ0) is 33.6. The fourth-order valence-corrected chi connectivity index (χ4v) is 7.04. The van der Waals surface area contributed by atoms with E-state index in [0.29, 0.717) is 30.1 Å². The van der Waals surface area contributed by atoms with Crippen LogP contribution >= 0.6 is 0 Å². The van der Waals surface area contributed by atoms with Crippen LogP contribution in [0.25, 0.3) is 11.3 Å². The van der Waals surface area contributed by atoms with Gasteiger partial charge in [-0.25, -0.2) is 9.48 Å². The number of fused-ring (bicyclic) bond motifs is 2. The monoisotopic (exact) mass is 648 g/mol. The summed E-state index contributed by atoms with van der Waals surface area (Å²) in [7, 11) is 2.02. The van der Waals surface area contributed by atoms with Gasteiger partial charge < -0.3 is 15.2 Å². The average molecular weight is 649 g/mol. The highest BCUT2D eigenvalue weighted by Crippen LogP contribution is 2.40. The first kappa shape index (κ1) is 31.8. The number of ether oxygens (including phenoxy) is 1. The summed E-state index contributed by atoms with van der Waals surface area (Å²) in [6.07, 6.45) is 4.96. The van der Waals surface area contributed by atoms with Gasteiger partial charge in [0.15, 0.2) is 11.5 Å². The molecule has 0 saturated carbocycles. The third kappa shape index (κ3) is 5.81. The van der Waals surface area contributed by atoms with E-state index in [0.717, 1.165) is 53.3 Å². The molecule has 48 heavy (non-hydrogen) atoms. The summed E-state index contributed by atoms with van der Waals surface area (Å²) in [5.41, 5.74) is 4.96. The fraction of sp³-hybridized carbons (Fsp3) is 0.405. The molecule has 7 rings (SSSR count). The van der Waals surface area contributed by atoms with Gasteiger partial charge in [-0.05, 0) is 81.6 Å². The number of carbonyl (C=O) groups excluding carboxylic acids is 1. The quantitative estimate of drug-likeness (QED) is 0.192. The number of aliphatic hydroxyl groups excluding tert-OH is 1. The van der Waals surface area contributed by atoms with Crippen LogP contribution in [0, 0.1) is 6.92 Å². The number of carbonyl (C=O) groups is 1. The summed E-state index contributed by atoms with van der Waals surface area (Å²) in [5, 5.41) is 30.5. The molecule has 2 aliphatic rings. The average Bonchev–Trinajstić information content (AvgIpc) is 3.79. The predicted molar refractivity (Wildman–Crippen MR) is 185 cm³/mol. The van der Waals surface area contributed by atoms with E-state index in [1.54, 1.807) is 4.68 Å². The van der Waals surface area contributed by atoms with Crippen molar-refractivity contribution in [3.8, 4) is 11.4 Å². The van der Waals surface area contributed by atoms with Crippen molar-refractivity contribution in [1.29, 1.82) is 0 Å². The lowest BCUT2D eigenvalue weighted by molar-refractivity contribution is 0.0735. The standard InChI is InChI=1S/C37H44N8O3/c1-24-11-13-25(14-12-24)45-33(21-31(42-45)36(2,3)4)39-35(47)38-29-16-17-30(28-10-7-6-9-27(28)29)48-26-15-18-32-40-41-34(44(32)22-26)37(23-46)19-8-20-43(37)5/h6-7,9-15,18,21-22,29-30,46H,8,16-17,19-20,23H2,1-5H3,(H2,38,39,47)/t29-,30+,37+/m0/s1. The maximum Gasteiger partial charge on any atom is 0.320 e. The molecule has 4 heterocycles. The van der Waals surface area contributed by atoms with Crippen molar-refractivity contribution in [3.05, 3.63) is 101 Å².